The highest BCUT2D eigenvalue weighted by molar-refractivity contribution is 4.53. The normalized spacial score (nSPS) is 18.9. The first kappa shape index (κ1) is 6.92. The molecule has 2 nitrogen and oxygen atoms in total. The molecule has 0 aromatic rings. The van der Waals surface area contributed by atoms with Crippen LogP contribution in [0.4, 0.5) is 0 Å². The highest BCUT2D eigenvalue weighted by Crippen LogP contribution is 1.92. The monoisotopic (exact) mass is 104 g/mol. The molecule has 7 heavy (non-hydrogen) atoms. The number of aliphatic hydroxyl groups is 1. The molecule has 0 amide bonds. The molecule has 0 aliphatic rings. The number of hydrogen-bond donors (Lipinski definition) is 1. The van der Waals surface area contributed by atoms with Crippen LogP contribution in [0.2, 0.25) is 0 Å². The predicted octanol–water partition coefficient (Wildman–Crippen LogP) is 0.402. The van der Waals surface area contributed by atoms with Crippen LogP contribution in [0.15, 0.2) is 0 Å². The Kier molecular flexibility index (Phi) is 2.96. The van der Waals surface area contributed by atoms with Crippen LogP contribution in [-0.4, -0.2) is 24.4 Å². The van der Waals surface area contributed by atoms with Gasteiger partial charge in [-0.15, -0.1) is 0 Å². The second kappa shape index (κ2) is 2.99. The van der Waals surface area contributed by atoms with Crippen LogP contribution >= 0.6 is 0 Å². The Labute approximate surface area is 44.1 Å². The van der Waals surface area contributed by atoms with Crippen molar-refractivity contribution in [1.29, 1.82) is 0 Å². The van der Waals surface area contributed by atoms with E-state index in [2.05, 4.69) is 0 Å². The fourth-order valence-electron chi connectivity index (χ4n) is 0.197. The van der Waals surface area contributed by atoms with E-state index in [-0.39, 0.29) is 12.2 Å². The molecule has 0 bridgehead atoms. The third-order valence-electron chi connectivity index (χ3n) is 1.05. The summed E-state index contributed by atoms with van der Waals surface area (Å²) in [6, 6.07) is 0. The first-order chi connectivity index (χ1) is 3.18. The molecule has 0 saturated carbocycles. The molecule has 0 radical (unpaired) electrons. The Morgan fingerprint density at radius 1 is 1.43 bits per heavy atom. The minimum absolute atomic E-state index is 0.0417. The van der Waals surface area contributed by atoms with Crippen molar-refractivity contribution in [2.75, 3.05) is 7.11 Å². The van der Waals surface area contributed by atoms with Gasteiger partial charge in [0.05, 0.1) is 12.2 Å². The van der Waals surface area contributed by atoms with Crippen LogP contribution in [0, 0.1) is 0 Å². The summed E-state index contributed by atoms with van der Waals surface area (Å²) >= 11 is 0. The number of methoxy groups -OCH3 is 1. The zero-order valence-corrected chi connectivity index (χ0v) is 5.01. The van der Waals surface area contributed by atoms with Crippen molar-refractivity contribution in [1.82, 2.24) is 0 Å². The average Bonchev–Trinajstić information content (AvgIpc) is 1.65. The largest absolute Gasteiger partial charge is 0.391 e. The molecule has 1 unspecified atom stereocenters. The van der Waals surface area contributed by atoms with Crippen molar-refractivity contribution >= 4 is 0 Å². The van der Waals surface area contributed by atoms with E-state index in [1.165, 1.54) is 0 Å². The lowest BCUT2D eigenvalue weighted by molar-refractivity contribution is 0.00997. The van der Waals surface area contributed by atoms with Gasteiger partial charge in [0.2, 0.25) is 0 Å². The molecule has 0 spiro atoms. The van der Waals surface area contributed by atoms with Crippen LogP contribution < -0.4 is 0 Å². The number of hydrogen-bond acceptors (Lipinski definition) is 2. The van der Waals surface area contributed by atoms with Crippen molar-refractivity contribution in [3.05, 3.63) is 0 Å². The molecule has 0 aliphatic carbocycles. The minimum atomic E-state index is -0.356. The maximum atomic E-state index is 8.70. The van der Waals surface area contributed by atoms with Gasteiger partial charge in [-0.1, -0.05) is 0 Å². The maximum Gasteiger partial charge on any atom is 0.0799 e. The number of rotatable bonds is 2. The maximum absolute atomic E-state index is 8.70. The van der Waals surface area contributed by atoms with Gasteiger partial charge in [-0.2, -0.15) is 0 Å². The highest BCUT2D eigenvalue weighted by atomic mass is 16.5. The summed E-state index contributed by atoms with van der Waals surface area (Å²) in [5.74, 6) is 0. The van der Waals surface area contributed by atoms with E-state index in [4.69, 9.17) is 9.84 Å². The van der Waals surface area contributed by atoms with E-state index in [0.717, 1.165) is 0 Å². The molecule has 0 fully saturated rings. The summed E-state index contributed by atoms with van der Waals surface area (Å²) in [6.45, 7) is 3.53. The first-order valence-corrected chi connectivity index (χ1v) is 2.39. The average molecular weight is 104 g/mol. The molecule has 0 aliphatic heterocycles. The van der Waals surface area contributed by atoms with Crippen LogP contribution in [0.1, 0.15) is 13.8 Å². The van der Waals surface area contributed by atoms with E-state index in [0.29, 0.717) is 0 Å². The molecule has 2 atom stereocenters. The second-order valence-corrected chi connectivity index (χ2v) is 1.68. The van der Waals surface area contributed by atoms with Crippen molar-refractivity contribution < 1.29 is 9.84 Å². The summed E-state index contributed by atoms with van der Waals surface area (Å²) in [5.41, 5.74) is 0. The van der Waals surface area contributed by atoms with Crippen LogP contribution in [0.3, 0.4) is 0 Å². The SMILES string of the molecule is COC(C)[C@H](C)O. The van der Waals surface area contributed by atoms with Gasteiger partial charge >= 0.3 is 0 Å². The molecule has 0 aromatic carbocycles. The zero-order valence-electron chi connectivity index (χ0n) is 5.01. The first-order valence-electron chi connectivity index (χ1n) is 2.39. The third-order valence-corrected chi connectivity index (χ3v) is 1.05. The fraction of sp³-hybridized carbons (Fsp3) is 1.00. The Morgan fingerprint density at radius 2 is 1.86 bits per heavy atom. The van der Waals surface area contributed by atoms with Gasteiger partial charge in [0.1, 0.15) is 0 Å². The van der Waals surface area contributed by atoms with Crippen molar-refractivity contribution in [2.24, 2.45) is 0 Å². The van der Waals surface area contributed by atoms with E-state index in [1.807, 2.05) is 6.92 Å². The molecule has 0 heterocycles. The Morgan fingerprint density at radius 3 is 1.86 bits per heavy atom. The topological polar surface area (TPSA) is 29.5 Å². The van der Waals surface area contributed by atoms with Gasteiger partial charge in [-0.3, -0.25) is 0 Å². The summed E-state index contributed by atoms with van der Waals surface area (Å²) in [4.78, 5) is 0. The number of aliphatic hydroxyl groups excluding tert-OH is 1. The van der Waals surface area contributed by atoms with E-state index >= 15 is 0 Å². The molecular weight excluding hydrogens is 92.1 g/mol. The van der Waals surface area contributed by atoms with Gasteiger partial charge in [-0.05, 0) is 13.8 Å². The summed E-state index contributed by atoms with van der Waals surface area (Å²) < 4.78 is 4.76. The van der Waals surface area contributed by atoms with Crippen LogP contribution in [-0.2, 0) is 4.74 Å². The second-order valence-electron chi connectivity index (χ2n) is 1.68. The molecule has 0 rings (SSSR count). The Balaban J connectivity index is 3.14. The third kappa shape index (κ3) is 2.60. The minimum Gasteiger partial charge on any atom is -0.391 e. The lowest BCUT2D eigenvalue weighted by Crippen LogP contribution is -2.20. The van der Waals surface area contributed by atoms with Gasteiger partial charge in [0.15, 0.2) is 0 Å². The quantitative estimate of drug-likeness (QED) is 0.549. The summed E-state index contributed by atoms with van der Waals surface area (Å²) in [5, 5.41) is 8.70. The van der Waals surface area contributed by atoms with Crippen LogP contribution in [0.5, 0.6) is 0 Å². The van der Waals surface area contributed by atoms with Crippen molar-refractivity contribution in [3.8, 4) is 0 Å². The molecule has 2 heteroatoms. The zero-order chi connectivity index (χ0) is 5.86. The molecule has 44 valence electrons. The van der Waals surface area contributed by atoms with Gasteiger partial charge in [0, 0.05) is 7.11 Å². The summed E-state index contributed by atoms with van der Waals surface area (Å²) in [7, 11) is 1.58. The number of ether oxygens (including phenoxy) is 1. The van der Waals surface area contributed by atoms with Gasteiger partial charge in [0.25, 0.3) is 0 Å². The molecule has 0 saturated heterocycles. The summed E-state index contributed by atoms with van der Waals surface area (Å²) in [6.07, 6.45) is -0.398. The van der Waals surface area contributed by atoms with E-state index in [1.54, 1.807) is 14.0 Å². The predicted molar refractivity (Wildman–Crippen MR) is 28.2 cm³/mol. The molecule has 1 N–H and O–H groups in total. The standard InChI is InChI=1S/C5H12O2/c1-4(6)5(2)7-3/h4-6H,1-3H3/t4-,5?/m0/s1. The Hall–Kier alpha value is -0.0800. The van der Waals surface area contributed by atoms with Crippen molar-refractivity contribution in [2.45, 2.75) is 26.1 Å². The van der Waals surface area contributed by atoms with E-state index < -0.39 is 0 Å². The Bertz CT molecular complexity index is 43.3. The lowest BCUT2D eigenvalue weighted by atomic mass is 10.3. The van der Waals surface area contributed by atoms with Gasteiger partial charge < -0.3 is 9.84 Å². The smallest absolute Gasteiger partial charge is 0.0799 e. The van der Waals surface area contributed by atoms with E-state index in [9.17, 15) is 0 Å². The van der Waals surface area contributed by atoms with Crippen molar-refractivity contribution in [3.63, 3.8) is 0 Å². The lowest BCUT2D eigenvalue weighted by Gasteiger charge is -2.10. The fourth-order valence-corrected chi connectivity index (χ4v) is 0.197. The highest BCUT2D eigenvalue weighted by Gasteiger charge is 2.03. The molecule has 0 aromatic heterocycles. The van der Waals surface area contributed by atoms with Gasteiger partial charge in [-0.25, -0.2) is 0 Å². The van der Waals surface area contributed by atoms with Crippen LogP contribution in [0.25, 0.3) is 0 Å². The molecular formula is C5H12O2.